The normalized spacial score (nSPS) is 25.5. The molecule has 0 N–H and O–H groups in total. The van der Waals surface area contributed by atoms with Crippen LogP contribution in [-0.4, -0.2) is 0 Å². The largest absolute Gasteiger partial charge is 0.0683 e. The fourth-order valence-electron chi connectivity index (χ4n) is 1.90. The summed E-state index contributed by atoms with van der Waals surface area (Å²) in [5.41, 5.74) is 1.53. The molecule has 0 amide bonds. The van der Waals surface area contributed by atoms with Gasteiger partial charge < -0.3 is 0 Å². The summed E-state index contributed by atoms with van der Waals surface area (Å²) < 4.78 is 0. The van der Waals surface area contributed by atoms with Crippen LogP contribution in [0.3, 0.4) is 0 Å². The predicted octanol–water partition coefficient (Wildman–Crippen LogP) is 4.23. The van der Waals surface area contributed by atoms with E-state index in [1.807, 2.05) is 13.8 Å². The molecule has 1 saturated carbocycles. The molecule has 0 radical (unpaired) electrons. The van der Waals surface area contributed by atoms with Crippen molar-refractivity contribution in [2.75, 3.05) is 0 Å². The van der Waals surface area contributed by atoms with Crippen molar-refractivity contribution in [1.29, 1.82) is 0 Å². The van der Waals surface area contributed by atoms with E-state index in [1.54, 1.807) is 0 Å². The first-order chi connectivity index (χ1) is 6.36. The Balaban J connectivity index is 0.000000396. The van der Waals surface area contributed by atoms with Crippen molar-refractivity contribution >= 4 is 0 Å². The Bertz CT molecular complexity index is 219. The number of rotatable bonds is 1. The van der Waals surface area contributed by atoms with E-state index in [-0.39, 0.29) is 0 Å². The summed E-state index contributed by atoms with van der Waals surface area (Å²) in [6, 6.07) is 10.9. The molecule has 0 unspecified atom stereocenters. The lowest BCUT2D eigenvalue weighted by atomic mass is 9.72. The molecule has 1 aromatic rings. The van der Waals surface area contributed by atoms with E-state index >= 15 is 0 Å². The van der Waals surface area contributed by atoms with Crippen LogP contribution in [0.2, 0.25) is 0 Å². The van der Waals surface area contributed by atoms with Gasteiger partial charge in [0.2, 0.25) is 0 Å². The van der Waals surface area contributed by atoms with Gasteiger partial charge in [-0.05, 0) is 30.2 Å². The lowest BCUT2D eigenvalue weighted by molar-refractivity contribution is 0.288. The Morgan fingerprint density at radius 1 is 1.00 bits per heavy atom. The SMILES string of the molecule is CC.CC1CC(c2ccccc2)C1. The number of hydrogen-bond donors (Lipinski definition) is 0. The zero-order valence-corrected chi connectivity index (χ0v) is 8.96. The maximum atomic E-state index is 2.33. The highest BCUT2D eigenvalue weighted by Gasteiger charge is 2.25. The highest BCUT2D eigenvalue weighted by atomic mass is 14.3. The van der Waals surface area contributed by atoms with Gasteiger partial charge in [0.15, 0.2) is 0 Å². The second kappa shape index (κ2) is 5.06. The Morgan fingerprint density at radius 3 is 2.00 bits per heavy atom. The van der Waals surface area contributed by atoms with Crippen LogP contribution in [0, 0.1) is 5.92 Å². The van der Waals surface area contributed by atoms with Crippen molar-refractivity contribution in [1.82, 2.24) is 0 Å². The van der Waals surface area contributed by atoms with E-state index in [0.717, 1.165) is 11.8 Å². The lowest BCUT2D eigenvalue weighted by Crippen LogP contribution is -2.18. The molecule has 1 fully saturated rings. The Hall–Kier alpha value is -0.780. The second-order valence-electron chi connectivity index (χ2n) is 3.68. The van der Waals surface area contributed by atoms with Gasteiger partial charge in [-0.3, -0.25) is 0 Å². The van der Waals surface area contributed by atoms with Crippen molar-refractivity contribution in [2.45, 2.75) is 39.5 Å². The van der Waals surface area contributed by atoms with Crippen LogP contribution in [0.4, 0.5) is 0 Å². The molecule has 0 heteroatoms. The average Bonchev–Trinajstić information content (AvgIpc) is 2.18. The van der Waals surface area contributed by atoms with E-state index in [2.05, 4.69) is 37.3 Å². The van der Waals surface area contributed by atoms with Crippen LogP contribution < -0.4 is 0 Å². The Kier molecular flexibility index (Phi) is 4.01. The van der Waals surface area contributed by atoms with Crippen molar-refractivity contribution in [3.05, 3.63) is 35.9 Å². The van der Waals surface area contributed by atoms with E-state index < -0.39 is 0 Å². The molecule has 0 saturated heterocycles. The summed E-state index contributed by atoms with van der Waals surface area (Å²) in [4.78, 5) is 0. The smallest absolute Gasteiger partial charge is 0.0157 e. The molecule has 13 heavy (non-hydrogen) atoms. The van der Waals surface area contributed by atoms with Crippen LogP contribution in [0.1, 0.15) is 45.1 Å². The van der Waals surface area contributed by atoms with Gasteiger partial charge in [0.25, 0.3) is 0 Å². The van der Waals surface area contributed by atoms with Crippen molar-refractivity contribution in [3.8, 4) is 0 Å². The quantitative estimate of drug-likeness (QED) is 0.600. The number of benzene rings is 1. The molecule has 0 atom stereocenters. The summed E-state index contributed by atoms with van der Waals surface area (Å²) >= 11 is 0. The van der Waals surface area contributed by atoms with E-state index in [1.165, 1.54) is 18.4 Å². The fraction of sp³-hybridized carbons (Fsp3) is 0.538. The molecule has 72 valence electrons. The minimum atomic E-state index is 0.867. The topological polar surface area (TPSA) is 0 Å². The molecule has 0 spiro atoms. The molecular formula is C13H20. The molecule has 0 aliphatic heterocycles. The summed E-state index contributed by atoms with van der Waals surface area (Å²) in [6.45, 7) is 6.33. The molecule has 1 aliphatic carbocycles. The van der Waals surface area contributed by atoms with Gasteiger partial charge in [0.05, 0.1) is 0 Å². The Morgan fingerprint density at radius 2 is 1.54 bits per heavy atom. The summed E-state index contributed by atoms with van der Waals surface area (Å²) in [5, 5.41) is 0. The van der Waals surface area contributed by atoms with Crippen LogP contribution >= 0.6 is 0 Å². The molecular weight excluding hydrogens is 156 g/mol. The van der Waals surface area contributed by atoms with E-state index in [9.17, 15) is 0 Å². The van der Waals surface area contributed by atoms with Crippen LogP contribution in [0.5, 0.6) is 0 Å². The second-order valence-corrected chi connectivity index (χ2v) is 3.68. The van der Waals surface area contributed by atoms with Gasteiger partial charge >= 0.3 is 0 Å². The van der Waals surface area contributed by atoms with Gasteiger partial charge in [-0.15, -0.1) is 0 Å². The number of hydrogen-bond acceptors (Lipinski definition) is 0. The highest BCUT2D eigenvalue weighted by Crippen LogP contribution is 2.40. The maximum absolute atomic E-state index is 2.33. The van der Waals surface area contributed by atoms with Gasteiger partial charge in [-0.25, -0.2) is 0 Å². The predicted molar refractivity (Wildman–Crippen MR) is 58.9 cm³/mol. The minimum Gasteiger partial charge on any atom is -0.0683 e. The monoisotopic (exact) mass is 176 g/mol. The summed E-state index contributed by atoms with van der Waals surface area (Å²) in [7, 11) is 0. The van der Waals surface area contributed by atoms with Crippen molar-refractivity contribution < 1.29 is 0 Å². The third kappa shape index (κ3) is 2.58. The Labute approximate surface area is 82.0 Å². The van der Waals surface area contributed by atoms with Crippen molar-refractivity contribution in [3.63, 3.8) is 0 Å². The third-order valence-electron chi connectivity index (χ3n) is 2.64. The first-order valence-electron chi connectivity index (χ1n) is 5.41. The standard InChI is InChI=1S/C11H14.C2H6/c1-9-7-11(8-9)10-5-3-2-4-6-10;1-2/h2-6,9,11H,7-8H2,1H3;1-2H3. The molecule has 1 aliphatic rings. The van der Waals surface area contributed by atoms with Crippen molar-refractivity contribution in [2.24, 2.45) is 5.92 Å². The fourth-order valence-corrected chi connectivity index (χ4v) is 1.90. The lowest BCUT2D eigenvalue weighted by Gasteiger charge is -2.32. The van der Waals surface area contributed by atoms with E-state index in [4.69, 9.17) is 0 Å². The van der Waals surface area contributed by atoms with E-state index in [0.29, 0.717) is 0 Å². The van der Waals surface area contributed by atoms with Gasteiger partial charge in [0.1, 0.15) is 0 Å². The van der Waals surface area contributed by atoms with Gasteiger partial charge in [-0.1, -0.05) is 51.1 Å². The maximum Gasteiger partial charge on any atom is -0.0157 e. The van der Waals surface area contributed by atoms with Gasteiger partial charge in [-0.2, -0.15) is 0 Å². The molecule has 1 aromatic carbocycles. The molecule has 0 heterocycles. The van der Waals surface area contributed by atoms with Crippen LogP contribution in [0.15, 0.2) is 30.3 Å². The molecule has 2 rings (SSSR count). The highest BCUT2D eigenvalue weighted by molar-refractivity contribution is 5.21. The average molecular weight is 176 g/mol. The zero-order chi connectivity index (χ0) is 9.68. The minimum absolute atomic E-state index is 0.867. The summed E-state index contributed by atoms with van der Waals surface area (Å²) in [6.07, 6.45) is 2.79. The zero-order valence-electron chi connectivity index (χ0n) is 8.96. The first-order valence-corrected chi connectivity index (χ1v) is 5.41. The molecule has 0 aromatic heterocycles. The first kappa shape index (κ1) is 10.3. The van der Waals surface area contributed by atoms with Crippen LogP contribution in [-0.2, 0) is 0 Å². The van der Waals surface area contributed by atoms with Crippen LogP contribution in [0.25, 0.3) is 0 Å². The molecule has 0 bridgehead atoms. The third-order valence-corrected chi connectivity index (χ3v) is 2.64. The molecule has 0 nitrogen and oxygen atoms in total. The van der Waals surface area contributed by atoms with Gasteiger partial charge in [0, 0.05) is 0 Å². The summed E-state index contributed by atoms with van der Waals surface area (Å²) in [5.74, 6) is 1.83.